The molecule has 0 aliphatic carbocycles. The molecule has 1 aliphatic heterocycles. The van der Waals surface area contributed by atoms with Gasteiger partial charge in [0, 0.05) is 37.5 Å². The third-order valence-corrected chi connectivity index (χ3v) is 4.35. The van der Waals surface area contributed by atoms with Gasteiger partial charge >= 0.3 is 0 Å². The second-order valence-electron chi connectivity index (χ2n) is 5.97. The predicted molar refractivity (Wildman–Crippen MR) is 90.1 cm³/mol. The quantitative estimate of drug-likeness (QED) is 0.808. The lowest BCUT2D eigenvalue weighted by atomic mass is 10.1. The first-order chi connectivity index (χ1) is 11.3. The Balaban J connectivity index is 1.60. The largest absolute Gasteiger partial charge is 0.341 e. The molecule has 1 aromatic carbocycles. The highest BCUT2D eigenvalue weighted by atomic mass is 15.4. The first-order valence-electron chi connectivity index (χ1n) is 8.07. The zero-order chi connectivity index (χ0) is 15.6. The van der Waals surface area contributed by atoms with Gasteiger partial charge in [0.1, 0.15) is 0 Å². The number of aromatic nitrogens is 5. The standard InChI is InChI=1S/C17H20N6/c1-22-17(23-9-3-2-4-10-23)20-16(21-22)14-7-5-13(6-8-14)15-11-18-19-12-15/h5-8,11-12H,2-4,9-10H2,1H3,(H,18,19). The SMILES string of the molecule is Cn1nc(-c2ccc(-c3cn[nH]c3)cc2)nc1N1CCCCC1. The number of hydrogen-bond donors (Lipinski definition) is 1. The number of rotatable bonds is 3. The average Bonchev–Trinajstić information content (AvgIpc) is 3.26. The molecule has 0 unspecified atom stereocenters. The molecular weight excluding hydrogens is 288 g/mol. The smallest absolute Gasteiger partial charge is 0.224 e. The molecule has 0 saturated carbocycles. The van der Waals surface area contributed by atoms with Crippen molar-refractivity contribution in [2.45, 2.75) is 19.3 Å². The highest BCUT2D eigenvalue weighted by Crippen LogP contribution is 2.25. The number of piperidine rings is 1. The summed E-state index contributed by atoms with van der Waals surface area (Å²) in [6, 6.07) is 8.30. The Hall–Kier alpha value is -2.63. The summed E-state index contributed by atoms with van der Waals surface area (Å²) in [6.07, 6.45) is 7.50. The minimum Gasteiger partial charge on any atom is -0.341 e. The number of nitrogens with zero attached hydrogens (tertiary/aromatic N) is 5. The second-order valence-corrected chi connectivity index (χ2v) is 5.97. The highest BCUT2D eigenvalue weighted by Gasteiger charge is 2.18. The van der Waals surface area contributed by atoms with Gasteiger partial charge in [-0.2, -0.15) is 10.1 Å². The zero-order valence-electron chi connectivity index (χ0n) is 13.2. The maximum Gasteiger partial charge on any atom is 0.224 e. The molecule has 2 aromatic heterocycles. The van der Waals surface area contributed by atoms with Crippen molar-refractivity contribution >= 4 is 5.95 Å². The third kappa shape index (κ3) is 2.72. The van der Waals surface area contributed by atoms with Crippen molar-refractivity contribution in [3.8, 4) is 22.5 Å². The summed E-state index contributed by atoms with van der Waals surface area (Å²) in [5, 5.41) is 11.4. The molecule has 6 nitrogen and oxygen atoms in total. The van der Waals surface area contributed by atoms with Crippen LogP contribution in [0.25, 0.3) is 22.5 Å². The van der Waals surface area contributed by atoms with Gasteiger partial charge in [-0.1, -0.05) is 24.3 Å². The van der Waals surface area contributed by atoms with E-state index in [9.17, 15) is 0 Å². The molecule has 0 atom stereocenters. The van der Waals surface area contributed by atoms with E-state index in [1.165, 1.54) is 19.3 Å². The Morgan fingerprint density at radius 1 is 0.957 bits per heavy atom. The van der Waals surface area contributed by atoms with Crippen LogP contribution in [0.15, 0.2) is 36.7 Å². The van der Waals surface area contributed by atoms with Crippen LogP contribution in [0, 0.1) is 0 Å². The van der Waals surface area contributed by atoms with Crippen molar-refractivity contribution in [2.24, 2.45) is 7.05 Å². The Labute approximate surface area is 135 Å². The molecule has 23 heavy (non-hydrogen) atoms. The Morgan fingerprint density at radius 3 is 2.39 bits per heavy atom. The number of anilines is 1. The number of nitrogens with one attached hydrogen (secondary N) is 1. The van der Waals surface area contributed by atoms with Gasteiger partial charge in [-0.25, -0.2) is 4.68 Å². The maximum absolute atomic E-state index is 4.76. The van der Waals surface area contributed by atoms with E-state index in [4.69, 9.17) is 4.98 Å². The van der Waals surface area contributed by atoms with Crippen molar-refractivity contribution in [3.05, 3.63) is 36.7 Å². The minimum atomic E-state index is 0.784. The molecule has 0 radical (unpaired) electrons. The third-order valence-electron chi connectivity index (χ3n) is 4.35. The van der Waals surface area contributed by atoms with Crippen LogP contribution in [0.2, 0.25) is 0 Å². The summed E-state index contributed by atoms with van der Waals surface area (Å²) in [7, 11) is 1.97. The fourth-order valence-electron chi connectivity index (χ4n) is 3.09. The van der Waals surface area contributed by atoms with E-state index >= 15 is 0 Å². The van der Waals surface area contributed by atoms with Crippen LogP contribution < -0.4 is 4.90 Å². The van der Waals surface area contributed by atoms with Crippen LogP contribution in [0.1, 0.15) is 19.3 Å². The molecule has 1 N–H and O–H groups in total. The normalized spacial score (nSPS) is 15.1. The monoisotopic (exact) mass is 308 g/mol. The Morgan fingerprint density at radius 2 is 1.70 bits per heavy atom. The fraction of sp³-hybridized carbons (Fsp3) is 0.353. The van der Waals surface area contributed by atoms with Gasteiger partial charge in [0.05, 0.1) is 6.20 Å². The van der Waals surface area contributed by atoms with Crippen LogP contribution in [0.5, 0.6) is 0 Å². The lowest BCUT2D eigenvalue weighted by Gasteiger charge is -2.26. The minimum absolute atomic E-state index is 0.784. The number of aryl methyl sites for hydroxylation is 1. The van der Waals surface area contributed by atoms with Gasteiger partial charge in [-0.05, 0) is 24.8 Å². The van der Waals surface area contributed by atoms with E-state index in [0.717, 1.165) is 41.6 Å². The van der Waals surface area contributed by atoms with Gasteiger partial charge in [0.15, 0.2) is 5.82 Å². The second kappa shape index (κ2) is 5.87. The summed E-state index contributed by atoms with van der Waals surface area (Å²) in [5.74, 6) is 1.76. The van der Waals surface area contributed by atoms with Crippen LogP contribution in [-0.4, -0.2) is 38.1 Å². The van der Waals surface area contributed by atoms with Crippen molar-refractivity contribution in [2.75, 3.05) is 18.0 Å². The molecule has 1 aliphatic rings. The molecule has 118 valence electrons. The topological polar surface area (TPSA) is 62.6 Å². The van der Waals surface area contributed by atoms with Gasteiger partial charge in [0.25, 0.3) is 0 Å². The number of hydrogen-bond acceptors (Lipinski definition) is 4. The van der Waals surface area contributed by atoms with E-state index in [2.05, 4.69) is 44.5 Å². The highest BCUT2D eigenvalue weighted by molar-refractivity contribution is 5.66. The molecule has 1 fully saturated rings. The summed E-state index contributed by atoms with van der Waals surface area (Å²) in [4.78, 5) is 7.09. The van der Waals surface area contributed by atoms with Crippen molar-refractivity contribution in [3.63, 3.8) is 0 Å². The van der Waals surface area contributed by atoms with E-state index in [-0.39, 0.29) is 0 Å². The maximum atomic E-state index is 4.76. The molecule has 1 saturated heterocycles. The average molecular weight is 308 g/mol. The molecular formula is C17H20N6. The molecule has 0 spiro atoms. The fourth-order valence-corrected chi connectivity index (χ4v) is 3.09. The Kier molecular flexibility index (Phi) is 3.57. The van der Waals surface area contributed by atoms with Crippen molar-refractivity contribution in [1.82, 2.24) is 25.0 Å². The zero-order valence-corrected chi connectivity index (χ0v) is 13.2. The summed E-state index contributed by atoms with van der Waals surface area (Å²) in [6.45, 7) is 2.15. The summed E-state index contributed by atoms with van der Waals surface area (Å²) in [5.41, 5.74) is 3.25. The van der Waals surface area contributed by atoms with Gasteiger partial charge in [-0.3, -0.25) is 5.10 Å². The first kappa shape index (κ1) is 14.0. The molecule has 3 aromatic rings. The van der Waals surface area contributed by atoms with E-state index in [0.29, 0.717) is 0 Å². The van der Waals surface area contributed by atoms with E-state index in [1.54, 1.807) is 0 Å². The Bertz CT molecular complexity index is 766. The summed E-state index contributed by atoms with van der Waals surface area (Å²) < 4.78 is 1.89. The molecule has 3 heterocycles. The molecule has 6 heteroatoms. The van der Waals surface area contributed by atoms with E-state index < -0.39 is 0 Å². The first-order valence-corrected chi connectivity index (χ1v) is 8.07. The van der Waals surface area contributed by atoms with Gasteiger partial charge in [0.2, 0.25) is 5.95 Å². The van der Waals surface area contributed by atoms with Crippen LogP contribution in [0.4, 0.5) is 5.95 Å². The number of aromatic amines is 1. The molecule has 4 rings (SSSR count). The van der Waals surface area contributed by atoms with Crippen LogP contribution in [-0.2, 0) is 7.05 Å². The molecule has 0 amide bonds. The number of benzene rings is 1. The van der Waals surface area contributed by atoms with Gasteiger partial charge < -0.3 is 4.90 Å². The van der Waals surface area contributed by atoms with Crippen molar-refractivity contribution < 1.29 is 0 Å². The lowest BCUT2D eigenvalue weighted by molar-refractivity contribution is 0.557. The lowest BCUT2D eigenvalue weighted by Crippen LogP contribution is -2.31. The van der Waals surface area contributed by atoms with Crippen LogP contribution >= 0.6 is 0 Å². The van der Waals surface area contributed by atoms with Crippen LogP contribution in [0.3, 0.4) is 0 Å². The van der Waals surface area contributed by atoms with Crippen molar-refractivity contribution in [1.29, 1.82) is 0 Å². The predicted octanol–water partition coefficient (Wildman–Crippen LogP) is 2.86. The van der Waals surface area contributed by atoms with E-state index in [1.807, 2.05) is 24.1 Å². The van der Waals surface area contributed by atoms with Gasteiger partial charge in [-0.15, -0.1) is 5.10 Å². The molecule has 0 bridgehead atoms. The summed E-state index contributed by atoms with van der Waals surface area (Å²) >= 11 is 0. The number of H-pyrrole nitrogens is 1.